The van der Waals surface area contributed by atoms with Gasteiger partial charge in [0, 0.05) is 10.2 Å². The highest BCUT2D eigenvalue weighted by Gasteiger charge is 2.14. The molecule has 2 aromatic rings. The van der Waals surface area contributed by atoms with Gasteiger partial charge in [0.25, 0.3) is 5.91 Å². The molecule has 0 saturated heterocycles. The zero-order valence-corrected chi connectivity index (χ0v) is 11.6. The number of nitrogens with one attached hydrogen (secondary N) is 2. The molecule has 1 amide bonds. The van der Waals surface area contributed by atoms with Crippen molar-refractivity contribution in [1.82, 2.24) is 10.2 Å². The van der Waals surface area contributed by atoms with E-state index >= 15 is 0 Å². The summed E-state index contributed by atoms with van der Waals surface area (Å²) >= 11 is 3.32. The van der Waals surface area contributed by atoms with E-state index in [9.17, 15) is 4.79 Å². The quantitative estimate of drug-likeness (QED) is 0.746. The number of halogens is 1. The second kappa shape index (κ2) is 4.81. The number of nitrogens with two attached hydrogens (primary N) is 1. The maximum absolute atomic E-state index is 12.1. The van der Waals surface area contributed by atoms with Gasteiger partial charge in [-0.15, -0.1) is 0 Å². The van der Waals surface area contributed by atoms with Crippen LogP contribution in [-0.2, 0) is 0 Å². The van der Waals surface area contributed by atoms with Crippen molar-refractivity contribution < 1.29 is 4.79 Å². The van der Waals surface area contributed by atoms with Crippen LogP contribution < -0.4 is 11.1 Å². The number of hydrogen-bond donors (Lipinski definition) is 3. The second-order valence-electron chi connectivity index (χ2n) is 3.99. The van der Waals surface area contributed by atoms with E-state index < -0.39 is 0 Å². The van der Waals surface area contributed by atoms with Crippen LogP contribution in [0.2, 0.25) is 0 Å². The number of aromatic amines is 1. The van der Waals surface area contributed by atoms with Gasteiger partial charge in [0.05, 0.1) is 22.6 Å². The number of rotatable bonds is 2. The lowest BCUT2D eigenvalue weighted by molar-refractivity contribution is 0.102. The van der Waals surface area contributed by atoms with Gasteiger partial charge in [0.2, 0.25) is 0 Å². The number of hydrogen-bond acceptors (Lipinski definition) is 3. The van der Waals surface area contributed by atoms with Crippen molar-refractivity contribution >= 4 is 33.2 Å². The average Bonchev–Trinajstić information content (AvgIpc) is 2.64. The van der Waals surface area contributed by atoms with Crippen LogP contribution in [0.5, 0.6) is 0 Å². The van der Waals surface area contributed by atoms with E-state index in [1.54, 1.807) is 18.2 Å². The summed E-state index contributed by atoms with van der Waals surface area (Å²) in [5, 5.41) is 9.65. The van der Waals surface area contributed by atoms with Crippen molar-refractivity contribution in [2.45, 2.75) is 13.8 Å². The smallest absolute Gasteiger partial charge is 0.257 e. The Morgan fingerprint density at radius 1 is 1.44 bits per heavy atom. The summed E-state index contributed by atoms with van der Waals surface area (Å²) in [4.78, 5) is 12.1. The Balaban J connectivity index is 2.30. The molecule has 5 nitrogen and oxygen atoms in total. The minimum absolute atomic E-state index is 0.249. The number of nitrogens with zero attached hydrogens (tertiary/aromatic N) is 1. The first-order chi connectivity index (χ1) is 8.49. The second-order valence-corrected chi connectivity index (χ2v) is 4.91. The van der Waals surface area contributed by atoms with E-state index in [0.717, 1.165) is 15.9 Å². The van der Waals surface area contributed by atoms with Gasteiger partial charge in [-0.3, -0.25) is 9.89 Å². The van der Waals surface area contributed by atoms with E-state index in [1.807, 2.05) is 13.8 Å². The molecular formula is C12H13BrN4O. The number of carbonyl (C=O) groups is 1. The van der Waals surface area contributed by atoms with Crippen molar-refractivity contribution in [3.8, 4) is 0 Å². The summed E-state index contributed by atoms with van der Waals surface area (Å²) in [5.74, 6) is -0.249. The zero-order valence-electron chi connectivity index (χ0n) is 10.0. The first-order valence-electron chi connectivity index (χ1n) is 5.37. The number of benzene rings is 1. The van der Waals surface area contributed by atoms with Crippen molar-refractivity contribution in [1.29, 1.82) is 0 Å². The zero-order chi connectivity index (χ0) is 13.3. The maximum atomic E-state index is 12.1. The minimum atomic E-state index is -0.249. The number of H-pyrrole nitrogens is 1. The Hall–Kier alpha value is -1.82. The van der Waals surface area contributed by atoms with Crippen LogP contribution >= 0.6 is 15.9 Å². The van der Waals surface area contributed by atoms with Gasteiger partial charge >= 0.3 is 0 Å². The summed E-state index contributed by atoms with van der Waals surface area (Å²) in [6.45, 7) is 3.67. The van der Waals surface area contributed by atoms with Crippen LogP contribution in [-0.4, -0.2) is 16.1 Å². The van der Waals surface area contributed by atoms with Crippen LogP contribution in [0.4, 0.5) is 11.4 Å². The number of anilines is 2. The molecule has 0 aliphatic rings. The third-order valence-electron chi connectivity index (χ3n) is 2.63. The lowest BCUT2D eigenvalue weighted by Gasteiger charge is -2.08. The molecule has 4 N–H and O–H groups in total. The highest BCUT2D eigenvalue weighted by Crippen LogP contribution is 2.22. The summed E-state index contributed by atoms with van der Waals surface area (Å²) in [5.41, 5.74) is 8.92. The summed E-state index contributed by atoms with van der Waals surface area (Å²) in [7, 11) is 0. The van der Waals surface area contributed by atoms with E-state index in [4.69, 9.17) is 5.73 Å². The van der Waals surface area contributed by atoms with Gasteiger partial charge in [-0.05, 0) is 32.0 Å². The van der Waals surface area contributed by atoms with Crippen LogP contribution in [0, 0.1) is 13.8 Å². The first-order valence-corrected chi connectivity index (χ1v) is 6.16. The van der Waals surface area contributed by atoms with Crippen molar-refractivity contribution in [3.63, 3.8) is 0 Å². The number of carbonyl (C=O) groups excluding carboxylic acids is 1. The lowest BCUT2D eigenvalue weighted by Crippen LogP contribution is -2.15. The van der Waals surface area contributed by atoms with E-state index in [0.29, 0.717) is 16.9 Å². The maximum Gasteiger partial charge on any atom is 0.257 e. The molecule has 1 aromatic carbocycles. The van der Waals surface area contributed by atoms with E-state index in [-0.39, 0.29) is 5.91 Å². The standard InChI is InChI=1S/C12H13BrN4O/c1-6-11(7(2)17-16-6)15-12(18)9-5-8(13)3-4-10(9)14/h3-5H,14H2,1-2H3,(H,15,18)(H,16,17). The summed E-state index contributed by atoms with van der Waals surface area (Å²) in [6, 6.07) is 5.17. The Morgan fingerprint density at radius 2 is 2.17 bits per heavy atom. The monoisotopic (exact) mass is 308 g/mol. The predicted octanol–water partition coefficient (Wildman–Crippen LogP) is 2.62. The van der Waals surface area contributed by atoms with Gasteiger partial charge in [-0.25, -0.2) is 0 Å². The Morgan fingerprint density at radius 3 is 2.78 bits per heavy atom. The van der Waals surface area contributed by atoms with E-state index in [2.05, 4.69) is 31.4 Å². The Labute approximate surface area is 113 Å². The predicted molar refractivity (Wildman–Crippen MR) is 74.6 cm³/mol. The number of nitrogen functional groups attached to an aromatic ring is 1. The summed E-state index contributed by atoms with van der Waals surface area (Å²) in [6.07, 6.45) is 0. The van der Waals surface area contributed by atoms with Gasteiger partial charge in [-0.1, -0.05) is 15.9 Å². The molecule has 6 heteroatoms. The third-order valence-corrected chi connectivity index (χ3v) is 3.12. The van der Waals surface area contributed by atoms with Crippen molar-refractivity contribution in [2.75, 3.05) is 11.1 Å². The van der Waals surface area contributed by atoms with Crippen LogP contribution in [0.25, 0.3) is 0 Å². The Bertz CT molecular complexity index is 587. The molecule has 0 spiro atoms. The molecule has 1 aromatic heterocycles. The third kappa shape index (κ3) is 2.38. The number of aromatic nitrogens is 2. The fraction of sp³-hybridized carbons (Fsp3) is 0.167. The fourth-order valence-corrected chi connectivity index (χ4v) is 2.00. The van der Waals surface area contributed by atoms with E-state index in [1.165, 1.54) is 0 Å². The molecule has 0 atom stereocenters. The van der Waals surface area contributed by atoms with Crippen molar-refractivity contribution in [3.05, 3.63) is 39.6 Å². The molecule has 0 aliphatic heterocycles. The molecule has 0 saturated carbocycles. The minimum Gasteiger partial charge on any atom is -0.398 e. The number of aryl methyl sites for hydroxylation is 2. The topological polar surface area (TPSA) is 83.8 Å². The largest absolute Gasteiger partial charge is 0.398 e. The SMILES string of the molecule is Cc1n[nH]c(C)c1NC(=O)c1cc(Br)ccc1N. The highest BCUT2D eigenvalue weighted by atomic mass is 79.9. The van der Waals surface area contributed by atoms with Crippen molar-refractivity contribution in [2.24, 2.45) is 0 Å². The molecule has 18 heavy (non-hydrogen) atoms. The van der Waals surface area contributed by atoms with Crippen LogP contribution in [0.3, 0.4) is 0 Å². The van der Waals surface area contributed by atoms with Gasteiger partial charge < -0.3 is 11.1 Å². The molecule has 94 valence electrons. The molecule has 0 radical (unpaired) electrons. The van der Waals surface area contributed by atoms with Gasteiger partial charge in [0.15, 0.2) is 0 Å². The Kier molecular flexibility index (Phi) is 3.38. The molecule has 0 aliphatic carbocycles. The molecule has 0 bridgehead atoms. The van der Waals surface area contributed by atoms with Gasteiger partial charge in [-0.2, -0.15) is 5.10 Å². The number of amides is 1. The molecule has 1 heterocycles. The molecule has 2 rings (SSSR count). The lowest BCUT2D eigenvalue weighted by atomic mass is 10.1. The fourth-order valence-electron chi connectivity index (χ4n) is 1.64. The van der Waals surface area contributed by atoms with Crippen LogP contribution in [0.15, 0.2) is 22.7 Å². The highest BCUT2D eigenvalue weighted by molar-refractivity contribution is 9.10. The molecular weight excluding hydrogens is 296 g/mol. The normalized spacial score (nSPS) is 10.4. The van der Waals surface area contributed by atoms with Crippen LogP contribution in [0.1, 0.15) is 21.7 Å². The first kappa shape index (κ1) is 12.6. The summed E-state index contributed by atoms with van der Waals surface area (Å²) < 4.78 is 0.808. The molecule has 0 unspecified atom stereocenters. The van der Waals surface area contributed by atoms with Gasteiger partial charge in [0.1, 0.15) is 0 Å². The molecule has 0 fully saturated rings. The average molecular weight is 309 g/mol.